The van der Waals surface area contributed by atoms with Gasteiger partial charge < -0.3 is 15.2 Å². The minimum Gasteiger partial charge on any atom is -0.492 e. The molecule has 0 aliphatic heterocycles. The molecular weight excluding hydrogens is 292 g/mol. The van der Waals surface area contributed by atoms with E-state index < -0.39 is 5.97 Å². The highest BCUT2D eigenvalue weighted by molar-refractivity contribution is 6.33. The minimum atomic E-state index is -1.06. The zero-order chi connectivity index (χ0) is 15.2. The van der Waals surface area contributed by atoms with Gasteiger partial charge in [-0.15, -0.1) is 0 Å². The van der Waals surface area contributed by atoms with Crippen LogP contribution in [-0.4, -0.2) is 29.2 Å². The van der Waals surface area contributed by atoms with E-state index in [0.29, 0.717) is 19.0 Å². The number of carbonyl (C=O) groups is 1. The smallest absolute Gasteiger partial charge is 0.337 e. The lowest BCUT2D eigenvalue weighted by Crippen LogP contribution is -2.13. The highest BCUT2D eigenvalue weighted by atomic mass is 35.5. The van der Waals surface area contributed by atoms with Crippen LogP contribution in [-0.2, 0) is 0 Å². The standard InChI is InChI=1S/C15H15ClN2O3/c1-10-3-2-4-12(7-10)21-6-5-17-14-13(16)8-11(9-18-14)15(19)20/h2-4,7-9H,5-6H2,1H3,(H,17,18)(H,19,20). The Kier molecular flexibility index (Phi) is 5.00. The van der Waals surface area contributed by atoms with Crippen LogP contribution < -0.4 is 10.1 Å². The van der Waals surface area contributed by atoms with Crippen molar-refractivity contribution < 1.29 is 14.6 Å². The van der Waals surface area contributed by atoms with Crippen LogP contribution in [0.3, 0.4) is 0 Å². The Morgan fingerprint density at radius 3 is 2.90 bits per heavy atom. The third kappa shape index (κ3) is 4.36. The molecule has 0 amide bonds. The van der Waals surface area contributed by atoms with Crippen molar-refractivity contribution in [1.82, 2.24) is 4.98 Å². The summed E-state index contributed by atoms with van der Waals surface area (Å²) < 4.78 is 5.58. The predicted molar refractivity (Wildman–Crippen MR) is 81.4 cm³/mol. The molecule has 5 nitrogen and oxygen atoms in total. The average Bonchev–Trinajstić information content (AvgIpc) is 2.45. The lowest BCUT2D eigenvalue weighted by molar-refractivity contribution is 0.0696. The fourth-order valence-corrected chi connectivity index (χ4v) is 1.96. The number of benzene rings is 1. The summed E-state index contributed by atoms with van der Waals surface area (Å²) in [4.78, 5) is 14.7. The Bertz CT molecular complexity index is 647. The number of ether oxygens (including phenoxy) is 1. The van der Waals surface area contributed by atoms with E-state index >= 15 is 0 Å². The number of nitrogens with zero attached hydrogens (tertiary/aromatic N) is 1. The lowest BCUT2D eigenvalue weighted by atomic mass is 10.2. The first-order valence-electron chi connectivity index (χ1n) is 6.38. The fraction of sp³-hybridized carbons (Fsp3) is 0.200. The Hall–Kier alpha value is -2.27. The van der Waals surface area contributed by atoms with Gasteiger partial charge in [-0.3, -0.25) is 0 Å². The van der Waals surface area contributed by atoms with E-state index in [-0.39, 0.29) is 10.6 Å². The zero-order valence-electron chi connectivity index (χ0n) is 11.5. The Morgan fingerprint density at radius 2 is 2.24 bits per heavy atom. The number of aryl methyl sites for hydroxylation is 1. The van der Waals surface area contributed by atoms with E-state index in [0.717, 1.165) is 11.3 Å². The molecule has 110 valence electrons. The van der Waals surface area contributed by atoms with E-state index in [9.17, 15) is 4.79 Å². The van der Waals surface area contributed by atoms with Gasteiger partial charge >= 0.3 is 5.97 Å². The third-order valence-corrected chi connectivity index (χ3v) is 3.03. The maximum Gasteiger partial charge on any atom is 0.337 e. The van der Waals surface area contributed by atoms with E-state index in [1.807, 2.05) is 31.2 Å². The van der Waals surface area contributed by atoms with E-state index in [2.05, 4.69) is 10.3 Å². The van der Waals surface area contributed by atoms with Gasteiger partial charge in [-0.25, -0.2) is 9.78 Å². The molecule has 0 spiro atoms. The van der Waals surface area contributed by atoms with E-state index in [1.54, 1.807) is 0 Å². The van der Waals surface area contributed by atoms with Crippen molar-refractivity contribution in [1.29, 1.82) is 0 Å². The van der Waals surface area contributed by atoms with Crippen molar-refractivity contribution in [2.24, 2.45) is 0 Å². The van der Waals surface area contributed by atoms with Gasteiger partial charge in [0.15, 0.2) is 0 Å². The van der Waals surface area contributed by atoms with Crippen molar-refractivity contribution in [3.8, 4) is 5.75 Å². The lowest BCUT2D eigenvalue weighted by Gasteiger charge is -2.09. The van der Waals surface area contributed by atoms with Crippen molar-refractivity contribution in [3.63, 3.8) is 0 Å². The molecule has 6 heteroatoms. The van der Waals surface area contributed by atoms with Gasteiger partial charge in [0.1, 0.15) is 18.2 Å². The molecular formula is C15H15ClN2O3. The van der Waals surface area contributed by atoms with Gasteiger partial charge in [0.25, 0.3) is 0 Å². The number of anilines is 1. The highest BCUT2D eigenvalue weighted by Gasteiger charge is 2.08. The van der Waals surface area contributed by atoms with E-state index in [4.69, 9.17) is 21.4 Å². The number of carboxylic acid groups (broad SMARTS) is 1. The number of hydrogen-bond donors (Lipinski definition) is 2. The zero-order valence-corrected chi connectivity index (χ0v) is 12.2. The molecule has 0 aliphatic rings. The van der Waals surface area contributed by atoms with Crippen LogP contribution in [0.15, 0.2) is 36.5 Å². The minimum absolute atomic E-state index is 0.0570. The van der Waals surface area contributed by atoms with Gasteiger partial charge in [0.2, 0.25) is 0 Å². The first-order chi connectivity index (χ1) is 10.1. The molecule has 0 saturated carbocycles. The molecule has 2 aromatic rings. The summed E-state index contributed by atoms with van der Waals surface area (Å²) >= 11 is 5.96. The molecule has 0 aliphatic carbocycles. The molecule has 0 saturated heterocycles. The van der Waals surface area contributed by atoms with Gasteiger partial charge in [-0.1, -0.05) is 23.7 Å². The van der Waals surface area contributed by atoms with E-state index in [1.165, 1.54) is 12.3 Å². The van der Waals surface area contributed by atoms with Crippen LogP contribution >= 0.6 is 11.6 Å². The van der Waals surface area contributed by atoms with Crippen molar-refractivity contribution in [2.75, 3.05) is 18.5 Å². The molecule has 0 fully saturated rings. The molecule has 1 aromatic carbocycles. The topological polar surface area (TPSA) is 71.5 Å². The summed E-state index contributed by atoms with van der Waals surface area (Å²) in [6.45, 7) is 2.95. The average molecular weight is 307 g/mol. The van der Waals surface area contributed by atoms with Gasteiger partial charge in [0, 0.05) is 6.20 Å². The second kappa shape index (κ2) is 6.95. The first-order valence-corrected chi connectivity index (χ1v) is 6.76. The normalized spacial score (nSPS) is 10.2. The van der Waals surface area contributed by atoms with Crippen molar-refractivity contribution >= 4 is 23.4 Å². The maximum atomic E-state index is 10.8. The Balaban J connectivity index is 1.85. The molecule has 1 heterocycles. The van der Waals surface area contributed by atoms with Crippen LogP contribution in [0.2, 0.25) is 5.02 Å². The molecule has 0 atom stereocenters. The number of aromatic carboxylic acids is 1. The first kappa shape index (κ1) is 15.1. The molecule has 0 radical (unpaired) electrons. The number of hydrogen-bond acceptors (Lipinski definition) is 4. The Labute approximate surface area is 127 Å². The molecule has 2 N–H and O–H groups in total. The second-order valence-corrected chi connectivity index (χ2v) is 4.86. The monoisotopic (exact) mass is 306 g/mol. The quantitative estimate of drug-likeness (QED) is 0.802. The van der Waals surface area contributed by atoms with Gasteiger partial charge in [-0.2, -0.15) is 0 Å². The number of pyridine rings is 1. The largest absolute Gasteiger partial charge is 0.492 e. The summed E-state index contributed by atoms with van der Waals surface area (Å²) in [6, 6.07) is 9.13. The van der Waals surface area contributed by atoms with Crippen LogP contribution in [0.5, 0.6) is 5.75 Å². The Morgan fingerprint density at radius 1 is 1.43 bits per heavy atom. The van der Waals surface area contributed by atoms with Crippen LogP contribution in [0.4, 0.5) is 5.82 Å². The fourth-order valence-electron chi connectivity index (χ4n) is 1.73. The SMILES string of the molecule is Cc1cccc(OCCNc2ncc(C(=O)O)cc2Cl)c1. The summed E-state index contributed by atoms with van der Waals surface area (Å²) in [5.41, 5.74) is 1.19. The number of carboxylic acids is 1. The summed E-state index contributed by atoms with van der Waals surface area (Å²) in [6.07, 6.45) is 1.26. The summed E-state index contributed by atoms with van der Waals surface area (Å²) in [5, 5.41) is 12.1. The van der Waals surface area contributed by atoms with Crippen LogP contribution in [0.25, 0.3) is 0 Å². The number of nitrogens with one attached hydrogen (secondary N) is 1. The number of halogens is 1. The van der Waals surface area contributed by atoms with Crippen LogP contribution in [0, 0.1) is 6.92 Å². The number of rotatable bonds is 6. The van der Waals surface area contributed by atoms with Crippen LogP contribution in [0.1, 0.15) is 15.9 Å². The third-order valence-electron chi connectivity index (χ3n) is 2.74. The van der Waals surface area contributed by atoms with Crippen molar-refractivity contribution in [2.45, 2.75) is 6.92 Å². The number of aromatic nitrogens is 1. The summed E-state index contributed by atoms with van der Waals surface area (Å²) in [7, 11) is 0. The highest BCUT2D eigenvalue weighted by Crippen LogP contribution is 2.20. The predicted octanol–water partition coefficient (Wildman–Crippen LogP) is 3.23. The maximum absolute atomic E-state index is 10.8. The molecule has 0 bridgehead atoms. The van der Waals surface area contributed by atoms with Gasteiger partial charge in [0.05, 0.1) is 17.1 Å². The van der Waals surface area contributed by atoms with Crippen molar-refractivity contribution in [3.05, 3.63) is 52.7 Å². The summed E-state index contributed by atoms with van der Waals surface area (Å²) in [5.74, 6) is 0.185. The molecule has 1 aromatic heterocycles. The molecule has 2 rings (SSSR count). The molecule has 0 unspecified atom stereocenters. The van der Waals surface area contributed by atoms with Gasteiger partial charge in [-0.05, 0) is 30.7 Å². The second-order valence-electron chi connectivity index (χ2n) is 4.45. The molecule has 21 heavy (non-hydrogen) atoms.